The molecule has 0 aliphatic rings. The Morgan fingerprint density at radius 2 is 1.91 bits per heavy atom. The maximum Gasteiger partial charge on any atom is 0.270 e. The summed E-state index contributed by atoms with van der Waals surface area (Å²) < 4.78 is 25.2. The Morgan fingerprint density at radius 1 is 1.12 bits per heavy atom. The first kappa shape index (κ1) is 23.2. The number of hydrogen-bond donors (Lipinski definition) is 3. The van der Waals surface area contributed by atoms with Gasteiger partial charge in [-0.3, -0.25) is 19.4 Å². The van der Waals surface area contributed by atoms with Gasteiger partial charge in [0.05, 0.1) is 23.2 Å². The summed E-state index contributed by atoms with van der Waals surface area (Å²) in [4.78, 5) is 23.8. The molecule has 0 saturated heterocycles. The first-order valence-electron chi connectivity index (χ1n) is 10.1. The minimum absolute atomic E-state index is 0.0351. The Hall–Kier alpha value is -3.47. The van der Waals surface area contributed by atoms with E-state index in [9.17, 15) is 18.0 Å². The quantitative estimate of drug-likeness (QED) is 0.394. The molecular formula is C21H26N6O4S. The Labute approximate surface area is 186 Å². The molecule has 0 aliphatic heterocycles. The molecule has 0 atom stereocenters. The van der Waals surface area contributed by atoms with Gasteiger partial charge in [-0.2, -0.15) is 5.10 Å². The highest BCUT2D eigenvalue weighted by atomic mass is 32.2. The van der Waals surface area contributed by atoms with Crippen molar-refractivity contribution in [2.75, 3.05) is 18.6 Å². The van der Waals surface area contributed by atoms with Gasteiger partial charge in [-0.05, 0) is 49.1 Å². The van der Waals surface area contributed by atoms with E-state index in [2.05, 4.69) is 25.9 Å². The molecule has 11 heteroatoms. The lowest BCUT2D eigenvalue weighted by atomic mass is 10.1. The van der Waals surface area contributed by atoms with Crippen molar-refractivity contribution in [1.29, 1.82) is 0 Å². The smallest absolute Gasteiger partial charge is 0.270 e. The lowest BCUT2D eigenvalue weighted by Crippen LogP contribution is -2.25. The number of nitrogens with one attached hydrogen (secondary N) is 3. The van der Waals surface area contributed by atoms with Crippen molar-refractivity contribution in [3.63, 3.8) is 0 Å². The van der Waals surface area contributed by atoms with Crippen LogP contribution in [0, 0.1) is 0 Å². The van der Waals surface area contributed by atoms with Crippen molar-refractivity contribution < 1.29 is 18.0 Å². The van der Waals surface area contributed by atoms with E-state index in [-0.39, 0.29) is 23.1 Å². The molecule has 0 bridgehead atoms. The van der Waals surface area contributed by atoms with Crippen LogP contribution >= 0.6 is 0 Å². The number of rotatable bonds is 10. The number of benzene rings is 1. The van der Waals surface area contributed by atoms with Crippen molar-refractivity contribution in [2.45, 2.75) is 37.1 Å². The highest BCUT2D eigenvalue weighted by Gasteiger charge is 2.11. The molecule has 2 amide bonds. The summed E-state index contributed by atoms with van der Waals surface area (Å²) in [5.74, 6) is -0.0929. The summed E-state index contributed by atoms with van der Waals surface area (Å²) in [6.45, 7) is 0.780. The second kappa shape index (κ2) is 10.2. The van der Waals surface area contributed by atoms with E-state index < -0.39 is 9.84 Å². The lowest BCUT2D eigenvalue weighted by molar-refractivity contribution is -0.115. The number of hydrogen-bond acceptors (Lipinski definition) is 6. The molecule has 0 unspecified atom stereocenters. The minimum Gasteiger partial charge on any atom is -0.354 e. The summed E-state index contributed by atoms with van der Waals surface area (Å²) in [7, 11) is -1.74. The van der Waals surface area contributed by atoms with Crippen molar-refractivity contribution in [3.05, 3.63) is 59.5 Å². The monoisotopic (exact) mass is 458 g/mol. The van der Waals surface area contributed by atoms with E-state index in [1.165, 1.54) is 12.1 Å². The van der Waals surface area contributed by atoms with Gasteiger partial charge in [0.25, 0.3) is 5.91 Å². The summed E-state index contributed by atoms with van der Waals surface area (Å²) in [5, 5.41) is 16.4. The van der Waals surface area contributed by atoms with E-state index in [4.69, 9.17) is 0 Å². The van der Waals surface area contributed by atoms with Crippen LogP contribution in [-0.4, -0.2) is 53.5 Å². The van der Waals surface area contributed by atoms with Crippen LogP contribution in [0.3, 0.4) is 0 Å². The van der Waals surface area contributed by atoms with Crippen LogP contribution in [0.2, 0.25) is 0 Å². The molecule has 0 aliphatic carbocycles. The van der Waals surface area contributed by atoms with Gasteiger partial charge < -0.3 is 10.6 Å². The summed E-state index contributed by atoms with van der Waals surface area (Å²) in [6, 6.07) is 9.83. The molecular weight excluding hydrogens is 432 g/mol. The molecule has 0 saturated carbocycles. The number of anilines is 1. The predicted octanol–water partition coefficient (Wildman–Crippen LogP) is 1.57. The summed E-state index contributed by atoms with van der Waals surface area (Å²) in [6.07, 6.45) is 5.50. The highest BCUT2D eigenvalue weighted by Crippen LogP contribution is 2.13. The molecule has 3 N–H and O–H groups in total. The Morgan fingerprint density at radius 3 is 2.56 bits per heavy atom. The number of aromatic nitrogens is 4. The fraction of sp³-hybridized carbons (Fsp3) is 0.333. The number of carbonyl (C=O) groups excluding carboxylic acids is 2. The zero-order chi connectivity index (χ0) is 23.1. The molecule has 2 aromatic heterocycles. The number of carbonyl (C=O) groups is 2. The van der Waals surface area contributed by atoms with Gasteiger partial charge in [0.1, 0.15) is 5.69 Å². The van der Waals surface area contributed by atoms with Crippen molar-refractivity contribution >= 4 is 27.5 Å². The van der Waals surface area contributed by atoms with Gasteiger partial charge in [0.2, 0.25) is 5.91 Å². The zero-order valence-electron chi connectivity index (χ0n) is 18.0. The summed E-state index contributed by atoms with van der Waals surface area (Å²) in [5.41, 5.74) is 1.98. The van der Waals surface area contributed by atoms with Crippen LogP contribution in [0.25, 0.3) is 0 Å². The highest BCUT2D eigenvalue weighted by molar-refractivity contribution is 7.90. The van der Waals surface area contributed by atoms with E-state index in [1.54, 1.807) is 31.4 Å². The van der Waals surface area contributed by atoms with Gasteiger partial charge in [0, 0.05) is 19.8 Å². The standard InChI is InChI=1S/C21H26N6O4S/c1-22-21(29)18-14-27(26-18)11-4-3-7-16-9-10-19(25-24-16)23-20(28)13-15-6-5-8-17(12-15)32(2,30)31/h5-6,8-10,12,14,26H,3-4,7,11,13H2,1-2H3,(H,22,29)(H,23,25,28). The molecule has 32 heavy (non-hydrogen) atoms. The number of unbranched alkanes of at least 4 members (excludes halogenated alkanes) is 1. The van der Waals surface area contributed by atoms with Crippen molar-refractivity contribution in [2.24, 2.45) is 0 Å². The topological polar surface area (TPSA) is 139 Å². The zero-order valence-corrected chi connectivity index (χ0v) is 18.8. The second-order valence-corrected chi connectivity index (χ2v) is 9.45. The van der Waals surface area contributed by atoms with Crippen LogP contribution in [-0.2, 0) is 34.0 Å². The third-order valence-corrected chi connectivity index (χ3v) is 5.89. The maximum atomic E-state index is 12.3. The summed E-state index contributed by atoms with van der Waals surface area (Å²) >= 11 is 0. The van der Waals surface area contributed by atoms with Crippen LogP contribution in [0.15, 0.2) is 47.5 Å². The van der Waals surface area contributed by atoms with Crippen molar-refractivity contribution in [1.82, 2.24) is 25.3 Å². The number of amides is 2. The van der Waals surface area contributed by atoms with Crippen LogP contribution in [0.1, 0.15) is 34.6 Å². The third-order valence-electron chi connectivity index (χ3n) is 4.78. The number of sulfone groups is 1. The van der Waals surface area contributed by atoms with E-state index in [0.717, 1.165) is 37.8 Å². The normalized spacial score (nSPS) is 11.3. The van der Waals surface area contributed by atoms with Crippen molar-refractivity contribution in [3.8, 4) is 0 Å². The Bertz CT molecular complexity index is 1170. The first-order chi connectivity index (χ1) is 15.2. The molecule has 0 radical (unpaired) electrons. The third kappa shape index (κ3) is 6.51. The SMILES string of the molecule is CNC(=O)c1cn(CCCCc2ccc(NC(=O)Cc3cccc(S(C)(=O)=O)c3)nn2)[nH]1. The molecule has 10 nitrogen and oxygen atoms in total. The molecule has 0 fully saturated rings. The molecule has 0 spiro atoms. The molecule has 3 rings (SSSR count). The maximum absolute atomic E-state index is 12.3. The second-order valence-electron chi connectivity index (χ2n) is 7.44. The number of aromatic amines is 1. The fourth-order valence-corrected chi connectivity index (χ4v) is 3.77. The van der Waals surface area contributed by atoms with E-state index >= 15 is 0 Å². The van der Waals surface area contributed by atoms with Crippen LogP contribution in [0.5, 0.6) is 0 Å². The number of aryl methyl sites for hydroxylation is 2. The average Bonchev–Trinajstić information content (AvgIpc) is 2.72. The molecule has 3 aromatic rings. The van der Waals surface area contributed by atoms with Gasteiger partial charge >= 0.3 is 0 Å². The van der Waals surface area contributed by atoms with Gasteiger partial charge in [0.15, 0.2) is 15.7 Å². The number of nitrogens with zero attached hydrogens (tertiary/aromatic N) is 3. The minimum atomic E-state index is -3.32. The molecule has 2 heterocycles. The van der Waals surface area contributed by atoms with E-state index in [0.29, 0.717) is 17.1 Å². The Balaban J connectivity index is 1.42. The molecule has 170 valence electrons. The van der Waals surface area contributed by atoms with Crippen LogP contribution < -0.4 is 10.6 Å². The first-order valence-corrected chi connectivity index (χ1v) is 12.0. The molecule has 1 aromatic carbocycles. The van der Waals surface area contributed by atoms with Gasteiger partial charge in [-0.15, -0.1) is 5.10 Å². The van der Waals surface area contributed by atoms with Gasteiger partial charge in [-0.25, -0.2) is 8.42 Å². The van der Waals surface area contributed by atoms with E-state index in [1.807, 2.05) is 10.7 Å². The largest absolute Gasteiger partial charge is 0.354 e. The predicted molar refractivity (Wildman–Crippen MR) is 119 cm³/mol. The lowest BCUT2D eigenvalue weighted by Gasteiger charge is -2.14. The Kier molecular flexibility index (Phi) is 7.41. The fourth-order valence-electron chi connectivity index (χ4n) is 3.08. The average molecular weight is 459 g/mol. The number of H-pyrrole nitrogens is 1. The van der Waals surface area contributed by atoms with Gasteiger partial charge in [-0.1, -0.05) is 12.1 Å². The van der Waals surface area contributed by atoms with Crippen LogP contribution in [0.4, 0.5) is 5.82 Å².